The van der Waals surface area contributed by atoms with Crippen LogP contribution < -0.4 is 5.32 Å². The number of carbonyl (C=O) groups is 1. The number of nitrogens with zero attached hydrogens (tertiary/aromatic N) is 4. The molecule has 1 N–H and O–H groups in total. The van der Waals surface area contributed by atoms with Crippen LogP contribution in [0.2, 0.25) is 15.1 Å². The molecule has 0 bridgehead atoms. The lowest BCUT2D eigenvalue weighted by Crippen LogP contribution is -2.19. The second kappa shape index (κ2) is 7.47. The van der Waals surface area contributed by atoms with Gasteiger partial charge >= 0.3 is 0 Å². The molecule has 1 amide bonds. The Morgan fingerprint density at radius 1 is 1.20 bits per heavy atom. The summed E-state index contributed by atoms with van der Waals surface area (Å²) in [7, 11) is 0. The zero-order valence-corrected chi connectivity index (χ0v) is 15.5. The van der Waals surface area contributed by atoms with Crippen LogP contribution >= 0.6 is 34.8 Å². The maximum Gasteiger partial charge on any atom is 0.247 e. The molecule has 0 spiro atoms. The van der Waals surface area contributed by atoms with E-state index in [0.717, 1.165) is 11.3 Å². The number of rotatable bonds is 5. The Morgan fingerprint density at radius 2 is 2.00 bits per heavy atom. The molecular formula is C16H14Cl3N5O. The third-order valence-electron chi connectivity index (χ3n) is 3.49. The minimum absolute atomic E-state index is 0.0572. The summed E-state index contributed by atoms with van der Waals surface area (Å²) in [6, 6.07) is 7.11. The fourth-order valence-corrected chi connectivity index (χ4v) is 2.92. The second-order valence-electron chi connectivity index (χ2n) is 5.47. The van der Waals surface area contributed by atoms with E-state index in [1.807, 2.05) is 13.0 Å². The van der Waals surface area contributed by atoms with Crippen LogP contribution in [-0.4, -0.2) is 25.5 Å². The molecule has 2 aromatic heterocycles. The van der Waals surface area contributed by atoms with Crippen molar-refractivity contribution >= 4 is 46.5 Å². The van der Waals surface area contributed by atoms with Gasteiger partial charge in [-0.3, -0.25) is 14.2 Å². The van der Waals surface area contributed by atoms with E-state index in [9.17, 15) is 4.79 Å². The molecule has 0 atom stereocenters. The van der Waals surface area contributed by atoms with E-state index < -0.39 is 0 Å². The molecule has 1 aromatic carbocycles. The molecule has 3 aromatic rings. The summed E-state index contributed by atoms with van der Waals surface area (Å²) in [6.07, 6.45) is 3.05. The minimum Gasteiger partial charge on any atom is -0.308 e. The Morgan fingerprint density at radius 3 is 2.68 bits per heavy atom. The molecule has 25 heavy (non-hydrogen) atoms. The van der Waals surface area contributed by atoms with Crippen LogP contribution in [0.4, 0.5) is 5.82 Å². The standard InChI is InChI=1S/C16H14Cl3N5O/c1-10-4-15(21-16(25)9-23-8-13(18)6-20-23)22-24(10)7-11-2-3-12(17)5-14(11)19/h2-6,8H,7,9H2,1H3,(H,21,22,25). The molecule has 6 nitrogen and oxygen atoms in total. The van der Waals surface area contributed by atoms with Crippen molar-refractivity contribution in [3.05, 3.63) is 63.0 Å². The molecule has 2 heterocycles. The molecule has 0 fully saturated rings. The zero-order chi connectivity index (χ0) is 18.0. The van der Waals surface area contributed by atoms with Gasteiger partial charge in [-0.05, 0) is 24.6 Å². The predicted molar refractivity (Wildman–Crippen MR) is 98.4 cm³/mol. The average Bonchev–Trinajstić information content (AvgIpc) is 3.08. The van der Waals surface area contributed by atoms with Crippen LogP contribution in [0.15, 0.2) is 36.7 Å². The van der Waals surface area contributed by atoms with Crippen LogP contribution in [0.25, 0.3) is 0 Å². The lowest BCUT2D eigenvalue weighted by Gasteiger charge is -2.07. The molecule has 0 unspecified atom stereocenters. The number of aromatic nitrogens is 4. The quantitative estimate of drug-likeness (QED) is 0.705. The molecule has 0 aliphatic heterocycles. The van der Waals surface area contributed by atoms with Crippen molar-refractivity contribution in [1.82, 2.24) is 19.6 Å². The summed E-state index contributed by atoms with van der Waals surface area (Å²) in [6.45, 7) is 2.44. The second-order valence-corrected chi connectivity index (χ2v) is 6.75. The Bertz CT molecular complexity index is 918. The van der Waals surface area contributed by atoms with Crippen LogP contribution in [0.5, 0.6) is 0 Å². The van der Waals surface area contributed by atoms with Gasteiger partial charge < -0.3 is 5.32 Å². The minimum atomic E-state index is -0.242. The first-order chi connectivity index (χ1) is 11.9. The Hall–Kier alpha value is -2.02. The van der Waals surface area contributed by atoms with Crippen LogP contribution in [0.3, 0.4) is 0 Å². The van der Waals surface area contributed by atoms with Gasteiger partial charge in [0.15, 0.2) is 5.82 Å². The fraction of sp³-hybridized carbons (Fsp3) is 0.188. The van der Waals surface area contributed by atoms with Crippen LogP contribution in [0, 0.1) is 6.92 Å². The number of benzene rings is 1. The van der Waals surface area contributed by atoms with Crippen LogP contribution in [0.1, 0.15) is 11.3 Å². The van der Waals surface area contributed by atoms with Gasteiger partial charge in [0.2, 0.25) is 5.91 Å². The summed E-state index contributed by atoms with van der Waals surface area (Å²) < 4.78 is 3.21. The highest BCUT2D eigenvalue weighted by Gasteiger charge is 2.11. The van der Waals surface area contributed by atoms with Crippen molar-refractivity contribution in [2.45, 2.75) is 20.0 Å². The first kappa shape index (κ1) is 17.8. The van der Waals surface area contributed by atoms with E-state index in [-0.39, 0.29) is 12.5 Å². The highest BCUT2D eigenvalue weighted by molar-refractivity contribution is 6.35. The van der Waals surface area contributed by atoms with E-state index in [4.69, 9.17) is 34.8 Å². The number of carbonyl (C=O) groups excluding carboxylic acids is 1. The summed E-state index contributed by atoms with van der Waals surface area (Å²) in [5.41, 5.74) is 1.78. The third-order valence-corrected chi connectivity index (χ3v) is 4.27. The van der Waals surface area contributed by atoms with Gasteiger partial charge in [0, 0.05) is 28.0 Å². The van der Waals surface area contributed by atoms with E-state index in [1.54, 1.807) is 29.1 Å². The Kier molecular flexibility index (Phi) is 5.32. The molecule has 0 saturated heterocycles. The number of amides is 1. The molecule has 0 aliphatic rings. The highest BCUT2D eigenvalue weighted by atomic mass is 35.5. The summed E-state index contributed by atoms with van der Waals surface area (Å²) >= 11 is 17.9. The van der Waals surface area contributed by atoms with Crippen molar-refractivity contribution in [3.63, 3.8) is 0 Å². The number of nitrogens with one attached hydrogen (secondary N) is 1. The summed E-state index contributed by atoms with van der Waals surface area (Å²) in [4.78, 5) is 12.1. The van der Waals surface area contributed by atoms with Gasteiger partial charge in [0.05, 0.1) is 17.8 Å². The van der Waals surface area contributed by atoms with Gasteiger partial charge in [0.25, 0.3) is 0 Å². The van der Waals surface area contributed by atoms with E-state index in [1.165, 1.54) is 10.9 Å². The normalized spacial score (nSPS) is 10.9. The maximum atomic E-state index is 12.1. The molecule has 0 radical (unpaired) electrons. The van der Waals surface area contributed by atoms with Crippen molar-refractivity contribution < 1.29 is 4.79 Å². The van der Waals surface area contributed by atoms with E-state index in [0.29, 0.717) is 27.4 Å². The molecule has 0 aliphatic carbocycles. The topological polar surface area (TPSA) is 64.7 Å². The number of hydrogen-bond acceptors (Lipinski definition) is 3. The first-order valence-corrected chi connectivity index (χ1v) is 8.50. The van der Waals surface area contributed by atoms with Crippen LogP contribution in [-0.2, 0) is 17.9 Å². The van der Waals surface area contributed by atoms with Gasteiger partial charge in [-0.25, -0.2) is 0 Å². The monoisotopic (exact) mass is 397 g/mol. The number of aryl methyl sites for hydroxylation is 1. The molecule has 3 rings (SSSR count). The molecule has 130 valence electrons. The SMILES string of the molecule is Cc1cc(NC(=O)Cn2cc(Cl)cn2)nn1Cc1ccc(Cl)cc1Cl. The number of halogens is 3. The molecule has 0 saturated carbocycles. The van der Waals surface area contributed by atoms with Crippen molar-refractivity contribution in [1.29, 1.82) is 0 Å². The third kappa shape index (κ3) is 4.54. The Balaban J connectivity index is 1.68. The molecule has 9 heteroatoms. The number of anilines is 1. The van der Waals surface area contributed by atoms with Gasteiger partial charge in [-0.15, -0.1) is 0 Å². The maximum absolute atomic E-state index is 12.1. The largest absolute Gasteiger partial charge is 0.308 e. The van der Waals surface area contributed by atoms with E-state index >= 15 is 0 Å². The van der Waals surface area contributed by atoms with Gasteiger partial charge in [0.1, 0.15) is 6.54 Å². The highest BCUT2D eigenvalue weighted by Crippen LogP contribution is 2.22. The average molecular weight is 399 g/mol. The van der Waals surface area contributed by atoms with Crippen molar-refractivity contribution in [2.75, 3.05) is 5.32 Å². The summed E-state index contributed by atoms with van der Waals surface area (Å²) in [5, 5.41) is 12.7. The predicted octanol–water partition coefficient (Wildman–Crippen LogP) is 4.04. The fourth-order valence-electron chi connectivity index (χ4n) is 2.30. The smallest absolute Gasteiger partial charge is 0.247 e. The van der Waals surface area contributed by atoms with Crippen molar-refractivity contribution in [3.8, 4) is 0 Å². The lowest BCUT2D eigenvalue weighted by atomic mass is 10.2. The zero-order valence-electron chi connectivity index (χ0n) is 13.2. The lowest BCUT2D eigenvalue weighted by molar-refractivity contribution is -0.116. The summed E-state index contributed by atoms with van der Waals surface area (Å²) in [5.74, 6) is 0.222. The Labute approximate surface area is 159 Å². The van der Waals surface area contributed by atoms with Gasteiger partial charge in [-0.2, -0.15) is 10.2 Å². The van der Waals surface area contributed by atoms with E-state index in [2.05, 4.69) is 15.5 Å². The van der Waals surface area contributed by atoms with Crippen molar-refractivity contribution in [2.24, 2.45) is 0 Å². The first-order valence-electron chi connectivity index (χ1n) is 7.37. The van der Waals surface area contributed by atoms with Gasteiger partial charge in [-0.1, -0.05) is 40.9 Å². The molecular weight excluding hydrogens is 385 g/mol. The number of hydrogen-bond donors (Lipinski definition) is 1.